The fourth-order valence-electron chi connectivity index (χ4n) is 1.20. The van der Waals surface area contributed by atoms with E-state index < -0.39 is 15.9 Å². The number of sulfonamides is 1. The molecule has 0 fully saturated rings. The highest BCUT2D eigenvalue weighted by atomic mass is 79.9. The fraction of sp³-hybridized carbons (Fsp3) is 0. The Kier molecular flexibility index (Phi) is 3.76. The van der Waals surface area contributed by atoms with Crippen LogP contribution in [0.4, 0.5) is 5.00 Å². The number of nitrogens with two attached hydrogens (primary N) is 1. The van der Waals surface area contributed by atoms with Crippen LogP contribution in [0.1, 0.15) is 10.4 Å². The van der Waals surface area contributed by atoms with Gasteiger partial charge in [0, 0.05) is 0 Å². The maximum Gasteiger partial charge on any atom is 0.272 e. The van der Waals surface area contributed by atoms with Gasteiger partial charge < -0.3 is 5.73 Å². The van der Waals surface area contributed by atoms with Crippen LogP contribution in [0.2, 0.25) is 0 Å². The van der Waals surface area contributed by atoms with Crippen LogP contribution in [-0.4, -0.2) is 14.3 Å². The Balaban J connectivity index is 2.34. The highest BCUT2D eigenvalue weighted by molar-refractivity contribution is 9.11. The number of rotatable bonds is 4. The largest absolute Gasteiger partial charge is 0.366 e. The van der Waals surface area contributed by atoms with Crippen molar-refractivity contribution in [1.29, 1.82) is 0 Å². The van der Waals surface area contributed by atoms with Gasteiger partial charge in [-0.05, 0) is 39.5 Å². The summed E-state index contributed by atoms with van der Waals surface area (Å²) >= 11 is 5.39. The fourth-order valence-corrected chi connectivity index (χ4v) is 5.33. The Morgan fingerprint density at radius 2 is 2.06 bits per heavy atom. The molecule has 9 heteroatoms. The van der Waals surface area contributed by atoms with Crippen LogP contribution in [0, 0.1) is 0 Å². The molecule has 0 unspecified atom stereocenters. The van der Waals surface area contributed by atoms with Crippen molar-refractivity contribution in [2.24, 2.45) is 5.73 Å². The van der Waals surface area contributed by atoms with Crippen molar-refractivity contribution in [3.63, 3.8) is 0 Å². The lowest BCUT2D eigenvalue weighted by molar-refractivity contribution is 0.100. The molecular formula is C9H7BrN2O3S3. The van der Waals surface area contributed by atoms with Crippen LogP contribution >= 0.6 is 38.6 Å². The van der Waals surface area contributed by atoms with E-state index in [-0.39, 0.29) is 14.8 Å². The van der Waals surface area contributed by atoms with Gasteiger partial charge in [-0.15, -0.1) is 22.7 Å². The lowest BCUT2D eigenvalue weighted by Crippen LogP contribution is -2.16. The molecule has 5 nitrogen and oxygen atoms in total. The molecule has 0 spiro atoms. The molecule has 2 heterocycles. The van der Waals surface area contributed by atoms with E-state index in [0.29, 0.717) is 3.79 Å². The standard InChI is InChI=1S/C9H7BrN2O3S3/c10-6-1-2-7(17-6)18(14,15)12-9-5(8(11)13)3-4-16-9/h1-4,12H,(H2,11,13). The molecule has 0 aliphatic rings. The maximum atomic E-state index is 12.0. The Hall–Kier alpha value is -0.900. The zero-order chi connectivity index (χ0) is 13.3. The van der Waals surface area contributed by atoms with Gasteiger partial charge in [0.25, 0.3) is 15.9 Å². The van der Waals surface area contributed by atoms with Gasteiger partial charge in [0.05, 0.1) is 9.35 Å². The highest BCUT2D eigenvalue weighted by Gasteiger charge is 2.20. The van der Waals surface area contributed by atoms with Crippen molar-refractivity contribution in [2.75, 3.05) is 4.72 Å². The minimum atomic E-state index is -3.68. The zero-order valence-electron chi connectivity index (χ0n) is 8.71. The smallest absolute Gasteiger partial charge is 0.272 e. The van der Waals surface area contributed by atoms with Crippen LogP contribution in [0.5, 0.6) is 0 Å². The summed E-state index contributed by atoms with van der Waals surface area (Å²) in [5, 5.41) is 1.83. The summed E-state index contributed by atoms with van der Waals surface area (Å²) < 4.78 is 27.3. The molecule has 0 saturated heterocycles. The van der Waals surface area contributed by atoms with Crippen molar-refractivity contribution in [3.8, 4) is 0 Å². The van der Waals surface area contributed by atoms with E-state index in [1.807, 2.05) is 0 Å². The van der Waals surface area contributed by atoms with Crippen LogP contribution in [-0.2, 0) is 10.0 Å². The topological polar surface area (TPSA) is 89.3 Å². The highest BCUT2D eigenvalue weighted by Crippen LogP contribution is 2.30. The second-order valence-electron chi connectivity index (χ2n) is 3.19. The van der Waals surface area contributed by atoms with E-state index in [1.165, 1.54) is 12.1 Å². The van der Waals surface area contributed by atoms with Gasteiger partial charge in [-0.1, -0.05) is 0 Å². The third-order valence-electron chi connectivity index (χ3n) is 1.97. The van der Waals surface area contributed by atoms with E-state index in [0.717, 1.165) is 22.7 Å². The summed E-state index contributed by atoms with van der Waals surface area (Å²) in [6.07, 6.45) is 0. The first-order valence-corrected chi connectivity index (χ1v) is 8.53. The van der Waals surface area contributed by atoms with Crippen LogP contribution < -0.4 is 10.5 Å². The number of anilines is 1. The number of carbonyl (C=O) groups excluding carboxylic acids is 1. The molecule has 2 aromatic rings. The van der Waals surface area contributed by atoms with E-state index in [1.54, 1.807) is 11.4 Å². The molecule has 0 bridgehead atoms. The first-order valence-electron chi connectivity index (χ1n) is 4.55. The predicted octanol–water partition coefficient (Wildman–Crippen LogP) is 2.47. The van der Waals surface area contributed by atoms with E-state index >= 15 is 0 Å². The number of hydrogen-bond acceptors (Lipinski definition) is 5. The number of halogens is 1. The Bertz CT molecular complexity index is 689. The molecule has 2 aromatic heterocycles. The summed E-state index contributed by atoms with van der Waals surface area (Å²) in [7, 11) is -3.68. The maximum absolute atomic E-state index is 12.0. The van der Waals surface area contributed by atoms with Crippen LogP contribution in [0.3, 0.4) is 0 Å². The summed E-state index contributed by atoms with van der Waals surface area (Å²) in [4.78, 5) is 11.1. The monoisotopic (exact) mass is 366 g/mol. The second kappa shape index (κ2) is 5.00. The van der Waals surface area contributed by atoms with Gasteiger partial charge in [0.15, 0.2) is 0 Å². The van der Waals surface area contributed by atoms with Gasteiger partial charge in [0.1, 0.15) is 9.21 Å². The lowest BCUT2D eigenvalue weighted by atomic mass is 10.3. The van der Waals surface area contributed by atoms with Gasteiger partial charge in [0.2, 0.25) is 0 Å². The van der Waals surface area contributed by atoms with Crippen molar-refractivity contribution < 1.29 is 13.2 Å². The molecule has 2 rings (SSSR count). The van der Waals surface area contributed by atoms with Crippen molar-refractivity contribution in [1.82, 2.24) is 0 Å². The van der Waals surface area contributed by atoms with Crippen LogP contribution in [0.25, 0.3) is 0 Å². The van der Waals surface area contributed by atoms with Gasteiger partial charge in [-0.3, -0.25) is 9.52 Å². The molecule has 18 heavy (non-hydrogen) atoms. The summed E-state index contributed by atoms with van der Waals surface area (Å²) in [6, 6.07) is 4.60. The summed E-state index contributed by atoms with van der Waals surface area (Å²) in [6.45, 7) is 0. The van der Waals surface area contributed by atoms with Crippen molar-refractivity contribution in [3.05, 3.63) is 32.9 Å². The molecule has 0 aliphatic carbocycles. The average molecular weight is 367 g/mol. The molecule has 96 valence electrons. The van der Waals surface area contributed by atoms with E-state index in [2.05, 4.69) is 20.7 Å². The van der Waals surface area contributed by atoms with Gasteiger partial charge >= 0.3 is 0 Å². The van der Waals surface area contributed by atoms with Crippen LogP contribution in [0.15, 0.2) is 31.6 Å². The number of amides is 1. The molecule has 0 aliphatic heterocycles. The van der Waals surface area contributed by atoms with E-state index in [4.69, 9.17) is 5.73 Å². The first-order chi connectivity index (χ1) is 8.40. The van der Waals surface area contributed by atoms with Crippen molar-refractivity contribution >= 4 is 59.5 Å². The number of hydrogen-bond donors (Lipinski definition) is 2. The normalized spacial score (nSPS) is 11.4. The molecule has 0 atom stereocenters. The van der Waals surface area contributed by atoms with E-state index in [9.17, 15) is 13.2 Å². The SMILES string of the molecule is NC(=O)c1ccsc1NS(=O)(=O)c1ccc(Br)s1. The minimum absolute atomic E-state index is 0.165. The number of nitrogens with one attached hydrogen (secondary N) is 1. The molecule has 1 amide bonds. The first kappa shape index (κ1) is 13.5. The minimum Gasteiger partial charge on any atom is -0.366 e. The molecular weight excluding hydrogens is 360 g/mol. The third kappa shape index (κ3) is 2.74. The molecule has 0 saturated carbocycles. The second-order valence-corrected chi connectivity index (χ2v) is 8.48. The lowest BCUT2D eigenvalue weighted by Gasteiger charge is -2.04. The third-order valence-corrected chi connectivity index (χ3v) is 6.40. The summed E-state index contributed by atoms with van der Waals surface area (Å²) in [5.41, 5.74) is 5.31. The number of primary amides is 1. The Labute approximate surface area is 120 Å². The molecule has 3 N–H and O–H groups in total. The van der Waals surface area contributed by atoms with Crippen molar-refractivity contribution in [2.45, 2.75) is 4.21 Å². The Morgan fingerprint density at radius 3 is 2.61 bits per heavy atom. The zero-order valence-corrected chi connectivity index (χ0v) is 12.7. The molecule has 0 radical (unpaired) electrons. The summed E-state index contributed by atoms with van der Waals surface area (Å²) in [5.74, 6) is -0.665. The molecule has 0 aromatic carbocycles. The predicted molar refractivity (Wildman–Crippen MR) is 75.7 cm³/mol. The van der Waals surface area contributed by atoms with Gasteiger partial charge in [-0.2, -0.15) is 0 Å². The average Bonchev–Trinajstić information content (AvgIpc) is 2.86. The quantitative estimate of drug-likeness (QED) is 0.870. The number of carbonyl (C=O) groups is 1. The Morgan fingerprint density at radius 1 is 1.33 bits per heavy atom. The number of thiophene rings is 2. The van der Waals surface area contributed by atoms with Gasteiger partial charge in [-0.25, -0.2) is 8.42 Å².